The molecule has 0 aliphatic rings. The van der Waals surface area contributed by atoms with Gasteiger partial charge in [0, 0.05) is 25.2 Å². The fourth-order valence-corrected chi connectivity index (χ4v) is 4.13. The maximum Gasteiger partial charge on any atom is 0.221 e. The van der Waals surface area contributed by atoms with E-state index in [1.807, 2.05) is 26.0 Å². The van der Waals surface area contributed by atoms with Gasteiger partial charge >= 0.3 is 0 Å². The molecule has 3 rings (SSSR count). The van der Waals surface area contributed by atoms with Crippen LogP contribution in [0.3, 0.4) is 0 Å². The van der Waals surface area contributed by atoms with Gasteiger partial charge in [-0.3, -0.25) is 4.79 Å². The Morgan fingerprint density at radius 2 is 1.69 bits per heavy atom. The minimum Gasteiger partial charge on any atom is -0.494 e. The number of benzene rings is 2. The van der Waals surface area contributed by atoms with Gasteiger partial charge in [0.2, 0.25) is 11.8 Å². The van der Waals surface area contributed by atoms with Gasteiger partial charge in [0.15, 0.2) is 9.84 Å². The fourth-order valence-electron chi connectivity index (χ4n) is 2.89. The van der Waals surface area contributed by atoms with Crippen LogP contribution < -0.4 is 14.8 Å². The number of aryl methyl sites for hydroxylation is 1. The molecule has 1 amide bonds. The van der Waals surface area contributed by atoms with Crippen LogP contribution in [0.25, 0.3) is 0 Å². The Morgan fingerprint density at radius 3 is 2.38 bits per heavy atom. The molecule has 0 spiro atoms. The lowest BCUT2D eigenvalue weighted by Gasteiger charge is -2.09. The van der Waals surface area contributed by atoms with E-state index >= 15 is 0 Å². The smallest absolute Gasteiger partial charge is 0.221 e. The molecule has 168 valence electrons. The zero-order valence-corrected chi connectivity index (χ0v) is 18.9. The van der Waals surface area contributed by atoms with Crippen LogP contribution in [0.5, 0.6) is 17.4 Å². The molecule has 7 nitrogen and oxygen atoms in total. The van der Waals surface area contributed by atoms with Gasteiger partial charge in [-0.2, -0.15) is 0 Å². The summed E-state index contributed by atoms with van der Waals surface area (Å²) in [6.45, 7) is 4.64. The van der Waals surface area contributed by atoms with Crippen LogP contribution >= 0.6 is 0 Å². The first kappa shape index (κ1) is 23.3. The fraction of sp³-hybridized carbons (Fsp3) is 0.250. The van der Waals surface area contributed by atoms with Gasteiger partial charge in [-0.05, 0) is 61.9 Å². The summed E-state index contributed by atoms with van der Waals surface area (Å²) in [6, 6.07) is 17.3. The Morgan fingerprint density at radius 1 is 1.00 bits per heavy atom. The van der Waals surface area contributed by atoms with Crippen LogP contribution in [0, 0.1) is 6.92 Å². The molecule has 0 bridgehead atoms. The maximum atomic E-state index is 12.4. The average molecular weight is 455 g/mol. The van der Waals surface area contributed by atoms with Crippen LogP contribution in [-0.2, 0) is 21.2 Å². The van der Waals surface area contributed by atoms with Gasteiger partial charge in [-0.1, -0.05) is 17.7 Å². The second-order valence-electron chi connectivity index (χ2n) is 7.17. The lowest BCUT2D eigenvalue weighted by atomic mass is 10.2. The first-order chi connectivity index (χ1) is 15.4. The van der Waals surface area contributed by atoms with Crippen LogP contribution in [0.2, 0.25) is 0 Å². The van der Waals surface area contributed by atoms with E-state index in [9.17, 15) is 13.2 Å². The van der Waals surface area contributed by atoms with E-state index in [-0.39, 0.29) is 29.5 Å². The molecule has 2 aromatic carbocycles. The van der Waals surface area contributed by atoms with E-state index in [0.29, 0.717) is 18.2 Å². The molecular weight excluding hydrogens is 428 g/mol. The van der Waals surface area contributed by atoms with Gasteiger partial charge in [-0.15, -0.1) is 0 Å². The van der Waals surface area contributed by atoms with E-state index in [4.69, 9.17) is 9.47 Å². The molecule has 0 saturated carbocycles. The van der Waals surface area contributed by atoms with E-state index in [0.717, 1.165) is 16.9 Å². The molecule has 0 saturated heterocycles. The number of amides is 1. The van der Waals surface area contributed by atoms with Crippen molar-refractivity contribution in [2.45, 2.75) is 31.7 Å². The first-order valence-electron chi connectivity index (χ1n) is 10.3. The Labute approximate surface area is 188 Å². The highest BCUT2D eigenvalue weighted by Crippen LogP contribution is 2.23. The van der Waals surface area contributed by atoms with Crippen molar-refractivity contribution in [3.63, 3.8) is 0 Å². The highest BCUT2D eigenvalue weighted by Gasteiger charge is 2.16. The molecule has 0 fully saturated rings. The molecular formula is C24H26N2O5S. The number of nitrogens with zero attached hydrogens (tertiary/aromatic N) is 1. The van der Waals surface area contributed by atoms with Gasteiger partial charge < -0.3 is 14.8 Å². The molecule has 8 heteroatoms. The number of carbonyl (C=O) groups excluding carboxylic acids is 1. The topological polar surface area (TPSA) is 94.6 Å². The van der Waals surface area contributed by atoms with Crippen molar-refractivity contribution in [2.75, 3.05) is 12.4 Å². The molecule has 3 aromatic rings. The predicted molar refractivity (Wildman–Crippen MR) is 122 cm³/mol. The molecule has 0 atom stereocenters. The number of sulfone groups is 1. The first-order valence-corrected chi connectivity index (χ1v) is 11.9. The highest BCUT2D eigenvalue weighted by molar-refractivity contribution is 7.91. The number of carbonyl (C=O) groups is 1. The summed E-state index contributed by atoms with van der Waals surface area (Å²) in [4.78, 5) is 16.6. The average Bonchev–Trinajstić information content (AvgIpc) is 2.78. The number of hydrogen-bond donors (Lipinski definition) is 1. The summed E-state index contributed by atoms with van der Waals surface area (Å²) in [5.41, 5.74) is 1.76. The van der Waals surface area contributed by atoms with Crippen LogP contribution in [0.1, 0.15) is 24.5 Å². The zero-order chi connectivity index (χ0) is 23.0. The summed E-state index contributed by atoms with van der Waals surface area (Å²) in [7, 11) is -3.50. The summed E-state index contributed by atoms with van der Waals surface area (Å²) in [5, 5.41) is 2.74. The molecule has 0 unspecified atom stereocenters. The number of aromatic nitrogens is 1. The van der Waals surface area contributed by atoms with Crippen molar-refractivity contribution in [3.8, 4) is 17.4 Å². The van der Waals surface area contributed by atoms with E-state index in [2.05, 4.69) is 10.3 Å². The van der Waals surface area contributed by atoms with Gasteiger partial charge in [0.25, 0.3) is 0 Å². The molecule has 0 aliphatic heterocycles. The lowest BCUT2D eigenvalue weighted by Crippen LogP contribution is -2.25. The molecule has 0 radical (unpaired) electrons. The third-order valence-corrected chi connectivity index (χ3v) is 6.36. The highest BCUT2D eigenvalue weighted by atomic mass is 32.2. The van der Waals surface area contributed by atoms with E-state index in [1.165, 1.54) is 0 Å². The van der Waals surface area contributed by atoms with Crippen LogP contribution in [-0.4, -0.2) is 31.7 Å². The standard InChI is InChI=1S/C24H26N2O5S/c1-3-30-20-6-8-21(9-7-20)31-24-16-19(12-14-25-24)17-26-23(27)13-15-32(28,29)22-10-4-18(2)5-11-22/h4-12,14,16H,3,13,15,17H2,1-2H3,(H,26,27). The minimum absolute atomic E-state index is 0.114. The number of hydrogen-bond acceptors (Lipinski definition) is 6. The number of ether oxygens (including phenoxy) is 2. The van der Waals surface area contributed by atoms with E-state index in [1.54, 1.807) is 54.7 Å². The van der Waals surface area contributed by atoms with Crippen molar-refractivity contribution in [3.05, 3.63) is 78.0 Å². The van der Waals surface area contributed by atoms with Gasteiger partial charge in [-0.25, -0.2) is 13.4 Å². The quantitative estimate of drug-likeness (QED) is 0.496. The minimum atomic E-state index is -3.50. The Bertz CT molecular complexity index is 1140. The Balaban J connectivity index is 1.51. The second-order valence-corrected chi connectivity index (χ2v) is 9.28. The van der Waals surface area contributed by atoms with Gasteiger partial charge in [0.1, 0.15) is 11.5 Å². The summed E-state index contributed by atoms with van der Waals surface area (Å²) >= 11 is 0. The Hall–Kier alpha value is -3.39. The molecule has 1 N–H and O–H groups in total. The summed E-state index contributed by atoms with van der Waals surface area (Å²) in [5.74, 6) is 1.18. The number of pyridine rings is 1. The van der Waals surface area contributed by atoms with Crippen LogP contribution in [0.4, 0.5) is 0 Å². The third-order valence-electron chi connectivity index (χ3n) is 4.62. The molecule has 1 heterocycles. The largest absolute Gasteiger partial charge is 0.494 e. The van der Waals surface area contributed by atoms with Crippen molar-refractivity contribution < 1.29 is 22.7 Å². The van der Waals surface area contributed by atoms with Gasteiger partial charge in [0.05, 0.1) is 17.3 Å². The van der Waals surface area contributed by atoms with Crippen molar-refractivity contribution in [2.24, 2.45) is 0 Å². The monoisotopic (exact) mass is 454 g/mol. The second kappa shape index (κ2) is 10.8. The molecule has 1 aromatic heterocycles. The summed E-state index contributed by atoms with van der Waals surface area (Å²) < 4.78 is 35.9. The van der Waals surface area contributed by atoms with Crippen molar-refractivity contribution in [1.29, 1.82) is 0 Å². The lowest BCUT2D eigenvalue weighted by molar-refractivity contribution is -0.120. The van der Waals surface area contributed by atoms with Crippen molar-refractivity contribution >= 4 is 15.7 Å². The SMILES string of the molecule is CCOc1ccc(Oc2cc(CNC(=O)CCS(=O)(=O)c3ccc(C)cc3)ccn2)cc1. The predicted octanol–water partition coefficient (Wildman–Crippen LogP) is 4.06. The maximum absolute atomic E-state index is 12.4. The zero-order valence-electron chi connectivity index (χ0n) is 18.1. The number of nitrogens with one attached hydrogen (secondary N) is 1. The number of rotatable bonds is 10. The van der Waals surface area contributed by atoms with Crippen molar-refractivity contribution in [1.82, 2.24) is 10.3 Å². The third kappa shape index (κ3) is 6.81. The molecule has 32 heavy (non-hydrogen) atoms. The van der Waals surface area contributed by atoms with Crippen LogP contribution in [0.15, 0.2) is 71.8 Å². The normalized spacial score (nSPS) is 11.1. The summed E-state index contributed by atoms with van der Waals surface area (Å²) in [6.07, 6.45) is 1.48. The Kier molecular flexibility index (Phi) is 7.83. The molecule has 0 aliphatic carbocycles. The van der Waals surface area contributed by atoms with E-state index < -0.39 is 9.84 Å².